The molecule has 0 aromatic heterocycles. The largest absolute Gasteiger partial charge is 0.493 e. The van der Waals surface area contributed by atoms with Crippen LogP contribution in [0.15, 0.2) is 52.3 Å². The summed E-state index contributed by atoms with van der Waals surface area (Å²) in [5, 5.41) is 0. The van der Waals surface area contributed by atoms with Crippen molar-refractivity contribution in [1.82, 2.24) is 0 Å². The molecule has 2 aromatic carbocycles. The summed E-state index contributed by atoms with van der Waals surface area (Å²) in [4.78, 5) is 12.2. The maximum absolute atomic E-state index is 11.8. The van der Waals surface area contributed by atoms with Gasteiger partial charge in [0.05, 0.1) is 12.6 Å². The topological polar surface area (TPSA) is 112 Å². The van der Waals surface area contributed by atoms with Crippen LogP contribution < -0.4 is 16.2 Å². The Balaban J connectivity index is 2.22. The average molecular weight is 423 g/mol. The first-order chi connectivity index (χ1) is 13.3. The summed E-state index contributed by atoms with van der Waals surface area (Å²) in [7, 11) is -2.19. The van der Waals surface area contributed by atoms with Gasteiger partial charge in [-0.1, -0.05) is 18.2 Å². The summed E-state index contributed by atoms with van der Waals surface area (Å²) in [6.07, 6.45) is 4.87. The average Bonchev–Trinajstić information content (AvgIpc) is 2.66. The van der Waals surface area contributed by atoms with Crippen molar-refractivity contribution in [3.63, 3.8) is 0 Å². The van der Waals surface area contributed by atoms with Crippen molar-refractivity contribution < 1.29 is 17.9 Å². The number of carbonyl (C=O) groups is 1. The summed E-state index contributed by atoms with van der Waals surface area (Å²) in [5.41, 5.74) is 13.2. The predicted octanol–water partition coefficient (Wildman–Crippen LogP) is 2.24. The lowest BCUT2D eigenvalue weighted by atomic mass is 9.99. The molecule has 0 saturated carbocycles. The molecule has 0 aliphatic carbocycles. The number of hydrogen-bond donors (Lipinski definition) is 2. The van der Waals surface area contributed by atoms with Crippen molar-refractivity contribution in [2.45, 2.75) is 35.1 Å². The molecular formula is C20H26N2O4S2. The van der Waals surface area contributed by atoms with Crippen LogP contribution in [0.25, 0.3) is 0 Å². The van der Waals surface area contributed by atoms with Gasteiger partial charge in [0.1, 0.15) is 5.75 Å². The summed E-state index contributed by atoms with van der Waals surface area (Å²) in [6, 6.07) is 12.2. The molecule has 28 heavy (non-hydrogen) atoms. The first-order valence-electron chi connectivity index (χ1n) is 8.87. The first-order valence-corrected chi connectivity index (χ1v) is 12.0. The molecule has 2 rings (SSSR count). The molecule has 2 aromatic rings. The molecular weight excluding hydrogens is 396 g/mol. The molecule has 0 aliphatic heterocycles. The van der Waals surface area contributed by atoms with Crippen LogP contribution in [0.4, 0.5) is 0 Å². The van der Waals surface area contributed by atoms with E-state index in [4.69, 9.17) is 16.2 Å². The van der Waals surface area contributed by atoms with Gasteiger partial charge < -0.3 is 16.2 Å². The third-order valence-electron chi connectivity index (χ3n) is 4.30. The second kappa shape index (κ2) is 10.5. The fourth-order valence-corrected chi connectivity index (χ4v) is 3.76. The zero-order chi connectivity index (χ0) is 20.7. The fraction of sp³-hybridized carbons (Fsp3) is 0.350. The number of nitrogens with two attached hydrogens (primary N) is 2. The minimum atomic E-state index is -1.14. The molecule has 4 N–H and O–H groups in total. The Morgan fingerprint density at radius 3 is 2.18 bits per heavy atom. The fourth-order valence-electron chi connectivity index (χ4n) is 2.71. The van der Waals surface area contributed by atoms with Crippen LogP contribution in [0.1, 0.15) is 36.4 Å². The lowest BCUT2D eigenvalue weighted by Crippen LogP contribution is -2.15. The molecule has 0 saturated heterocycles. The Hall–Kier alpha value is -2.03. The monoisotopic (exact) mass is 422 g/mol. The lowest BCUT2D eigenvalue weighted by Gasteiger charge is -2.18. The Labute approximate surface area is 170 Å². The molecule has 0 spiro atoms. The number of rotatable bonds is 10. The molecule has 0 heterocycles. The first kappa shape index (κ1) is 22.3. The molecule has 6 nitrogen and oxygen atoms in total. The van der Waals surface area contributed by atoms with Crippen LogP contribution in [0.5, 0.6) is 5.75 Å². The van der Waals surface area contributed by atoms with Gasteiger partial charge in [0.2, 0.25) is 5.91 Å². The highest BCUT2D eigenvalue weighted by molar-refractivity contribution is 7.84. The summed E-state index contributed by atoms with van der Waals surface area (Å²) >= 11 is 0. The Morgan fingerprint density at radius 2 is 1.61 bits per heavy atom. The van der Waals surface area contributed by atoms with E-state index in [1.54, 1.807) is 36.8 Å². The molecule has 152 valence electrons. The van der Waals surface area contributed by atoms with Gasteiger partial charge in [-0.05, 0) is 42.7 Å². The summed E-state index contributed by atoms with van der Waals surface area (Å²) in [5.74, 6) is 0.241. The van der Waals surface area contributed by atoms with Gasteiger partial charge in [0.15, 0.2) is 0 Å². The van der Waals surface area contributed by atoms with E-state index in [0.29, 0.717) is 36.5 Å². The lowest BCUT2D eigenvalue weighted by molar-refractivity contribution is -0.118. The van der Waals surface area contributed by atoms with E-state index in [0.717, 1.165) is 16.0 Å². The highest BCUT2D eigenvalue weighted by atomic mass is 32.2. The van der Waals surface area contributed by atoms with E-state index >= 15 is 0 Å². The maximum atomic E-state index is 11.8. The number of benzene rings is 2. The molecule has 3 unspecified atom stereocenters. The number of primary amides is 1. The van der Waals surface area contributed by atoms with Gasteiger partial charge in [-0.3, -0.25) is 13.2 Å². The number of hydrogen-bond acceptors (Lipinski definition) is 5. The van der Waals surface area contributed by atoms with Crippen molar-refractivity contribution in [2.75, 3.05) is 19.1 Å². The zero-order valence-corrected chi connectivity index (χ0v) is 17.7. The van der Waals surface area contributed by atoms with Gasteiger partial charge in [-0.25, -0.2) is 0 Å². The van der Waals surface area contributed by atoms with Crippen LogP contribution >= 0.6 is 0 Å². The summed E-state index contributed by atoms with van der Waals surface area (Å²) in [6.45, 7) is 0.403. The number of amides is 1. The van der Waals surface area contributed by atoms with Crippen molar-refractivity contribution in [1.29, 1.82) is 0 Å². The van der Waals surface area contributed by atoms with E-state index in [-0.39, 0.29) is 5.91 Å². The van der Waals surface area contributed by atoms with Crippen LogP contribution in [0.3, 0.4) is 0 Å². The van der Waals surface area contributed by atoms with E-state index in [1.807, 2.05) is 18.2 Å². The highest BCUT2D eigenvalue weighted by Gasteiger charge is 2.16. The molecule has 0 fully saturated rings. The molecule has 1 amide bonds. The van der Waals surface area contributed by atoms with E-state index in [9.17, 15) is 13.2 Å². The van der Waals surface area contributed by atoms with Crippen molar-refractivity contribution in [2.24, 2.45) is 11.5 Å². The molecule has 8 heteroatoms. The SMILES string of the molecule is CS(=O)c1ccc(C(N)c2ccc(S(C)=O)cc2OCCCCC(N)=O)cc1. The number of ether oxygens (including phenoxy) is 1. The van der Waals surface area contributed by atoms with Crippen LogP contribution in [0, 0.1) is 0 Å². The highest BCUT2D eigenvalue weighted by Crippen LogP contribution is 2.31. The quantitative estimate of drug-likeness (QED) is 0.570. The van der Waals surface area contributed by atoms with Crippen LogP contribution in [-0.2, 0) is 26.4 Å². The summed E-state index contributed by atoms with van der Waals surface area (Å²) < 4.78 is 29.3. The smallest absolute Gasteiger partial charge is 0.217 e. The predicted molar refractivity (Wildman–Crippen MR) is 112 cm³/mol. The van der Waals surface area contributed by atoms with Crippen molar-refractivity contribution in [3.05, 3.63) is 53.6 Å². The standard InChI is InChI=1S/C20H26N2O4S2/c1-27(24)15-8-6-14(7-9-15)20(22)17-11-10-16(28(2)25)13-18(17)26-12-4-3-5-19(21)23/h6-11,13,20H,3-5,12,22H2,1-2H3,(H2,21,23). The normalized spacial score (nSPS) is 14.2. The second-order valence-corrected chi connectivity index (χ2v) is 9.19. The number of unbranched alkanes of at least 4 members (excludes halogenated alkanes) is 1. The van der Waals surface area contributed by atoms with Gasteiger partial charge in [0.25, 0.3) is 0 Å². The van der Waals surface area contributed by atoms with Gasteiger partial charge in [-0.15, -0.1) is 0 Å². The molecule has 0 bridgehead atoms. The second-order valence-electron chi connectivity index (χ2n) is 6.43. The Bertz CT molecular complexity index is 869. The zero-order valence-electron chi connectivity index (χ0n) is 16.1. The third-order valence-corrected chi connectivity index (χ3v) is 6.15. The van der Waals surface area contributed by atoms with Crippen molar-refractivity contribution >= 4 is 27.5 Å². The molecule has 3 atom stereocenters. The van der Waals surface area contributed by atoms with Crippen LogP contribution in [-0.4, -0.2) is 33.4 Å². The van der Waals surface area contributed by atoms with Crippen LogP contribution in [0.2, 0.25) is 0 Å². The van der Waals surface area contributed by atoms with E-state index < -0.39 is 27.6 Å². The molecule has 0 aliphatic rings. The van der Waals surface area contributed by atoms with Gasteiger partial charge in [0, 0.05) is 55.9 Å². The van der Waals surface area contributed by atoms with E-state index in [2.05, 4.69) is 0 Å². The Kier molecular flexibility index (Phi) is 8.35. The van der Waals surface area contributed by atoms with Gasteiger partial charge >= 0.3 is 0 Å². The van der Waals surface area contributed by atoms with Crippen molar-refractivity contribution in [3.8, 4) is 5.75 Å². The molecule has 0 radical (unpaired) electrons. The maximum Gasteiger partial charge on any atom is 0.217 e. The minimum Gasteiger partial charge on any atom is -0.493 e. The Morgan fingerprint density at radius 1 is 1.00 bits per heavy atom. The third kappa shape index (κ3) is 6.25. The van der Waals surface area contributed by atoms with E-state index in [1.165, 1.54) is 0 Å². The minimum absolute atomic E-state index is 0.319. The number of carbonyl (C=O) groups excluding carboxylic acids is 1. The van der Waals surface area contributed by atoms with Gasteiger partial charge in [-0.2, -0.15) is 0 Å².